The number of rotatable bonds is 37. The van der Waals surface area contributed by atoms with E-state index in [0.29, 0.717) is 83.9 Å². The number of amides is 5. The number of imidazole rings is 1. The van der Waals surface area contributed by atoms with Gasteiger partial charge in [-0.05, 0) is 61.4 Å². The van der Waals surface area contributed by atoms with Gasteiger partial charge in [0.2, 0.25) is 29.5 Å². The van der Waals surface area contributed by atoms with Crippen LogP contribution < -0.4 is 22.1 Å². The zero-order valence-corrected chi connectivity index (χ0v) is 43.9. The first-order valence-electron chi connectivity index (χ1n) is 25.3. The third-order valence-corrected chi connectivity index (χ3v) is 13.0. The van der Waals surface area contributed by atoms with Crippen LogP contribution in [-0.4, -0.2) is 169 Å². The average Bonchev–Trinajstić information content (AvgIpc) is 3.89. The number of ketones is 1. The summed E-state index contributed by atoms with van der Waals surface area (Å²) in [5.74, 6) is -2.97. The summed E-state index contributed by atoms with van der Waals surface area (Å²) in [7, 11) is 0. The fraction of sp³-hybridized carbons (Fsp3) is 0.596. The van der Waals surface area contributed by atoms with Gasteiger partial charge in [0.15, 0.2) is 5.78 Å². The Bertz CT molecular complexity index is 2230. The summed E-state index contributed by atoms with van der Waals surface area (Å²) in [6.45, 7) is 8.83. The minimum Gasteiger partial charge on any atom is -0.387 e. The van der Waals surface area contributed by atoms with Gasteiger partial charge in [0.1, 0.15) is 24.1 Å². The second-order valence-corrected chi connectivity index (χ2v) is 20.2. The lowest BCUT2D eigenvalue weighted by atomic mass is 9.84. The minimum absolute atomic E-state index is 0.0116. The second-order valence-electron chi connectivity index (χ2n) is 18.8. The van der Waals surface area contributed by atoms with E-state index in [2.05, 4.69) is 10.6 Å². The van der Waals surface area contributed by atoms with Crippen LogP contribution in [0.25, 0.3) is 11.3 Å². The molecule has 0 saturated carbocycles. The van der Waals surface area contributed by atoms with Gasteiger partial charge in [-0.3, -0.25) is 33.7 Å². The lowest BCUT2D eigenvalue weighted by Gasteiger charge is -2.40. The highest BCUT2D eigenvalue weighted by Crippen LogP contribution is 2.39. The van der Waals surface area contributed by atoms with Crippen molar-refractivity contribution < 1.29 is 61.6 Å². The largest absolute Gasteiger partial charge is 0.387 e. The molecule has 4 rings (SSSR count). The monoisotopic (exact) mass is 1060 g/mol. The first-order chi connectivity index (χ1) is 35.5. The maximum absolute atomic E-state index is 15.1. The molecule has 74 heavy (non-hydrogen) atoms. The summed E-state index contributed by atoms with van der Waals surface area (Å²) in [5, 5.41) is 15.1. The molecule has 410 valence electrons. The number of likely N-dealkylation sites (tertiary alicyclic amines) is 1. The number of benzene rings is 2. The minimum atomic E-state index is -1.10. The van der Waals surface area contributed by atoms with Gasteiger partial charge in [-0.1, -0.05) is 57.5 Å². The molecule has 0 aliphatic carbocycles. The van der Waals surface area contributed by atoms with Crippen LogP contribution in [0.5, 0.6) is 0 Å². The molecule has 19 nitrogen and oxygen atoms in total. The Morgan fingerprint density at radius 3 is 2.20 bits per heavy atom. The van der Waals surface area contributed by atoms with Gasteiger partial charge in [0.05, 0.1) is 82.4 Å². The molecule has 0 spiro atoms. The number of carbonyl (C=O) groups excluding carboxylic acids is 6. The Balaban J connectivity index is 1.13. The van der Waals surface area contributed by atoms with E-state index in [1.807, 2.05) is 51.1 Å². The molecular weight excluding hydrogens is 983 g/mol. The number of Topliss-reactive ketones (excluding diaryl/α,β-unsaturated/α-hetero) is 1. The number of nitrogens with two attached hydrogens (primary N) is 2. The highest BCUT2D eigenvalue weighted by molar-refractivity contribution is 8.00. The van der Waals surface area contributed by atoms with E-state index in [-0.39, 0.29) is 74.8 Å². The molecular formula is C52H76F2N8O11S. The molecule has 1 aliphatic rings. The van der Waals surface area contributed by atoms with Gasteiger partial charge < -0.3 is 55.6 Å². The molecule has 3 atom stereocenters. The van der Waals surface area contributed by atoms with Gasteiger partial charge in [-0.15, -0.1) is 11.8 Å². The number of ether oxygens (including phenoxy) is 4. The van der Waals surface area contributed by atoms with Crippen LogP contribution in [0.1, 0.15) is 89.6 Å². The van der Waals surface area contributed by atoms with Crippen molar-refractivity contribution in [1.29, 1.82) is 0 Å². The fourth-order valence-corrected chi connectivity index (χ4v) is 9.07. The van der Waals surface area contributed by atoms with Crippen LogP contribution in [0, 0.1) is 17.0 Å². The number of halogens is 2. The summed E-state index contributed by atoms with van der Waals surface area (Å²) < 4.78 is 53.2. The van der Waals surface area contributed by atoms with Crippen molar-refractivity contribution in [1.82, 2.24) is 30.0 Å². The van der Waals surface area contributed by atoms with E-state index in [0.717, 1.165) is 47.9 Å². The van der Waals surface area contributed by atoms with Crippen LogP contribution in [0.3, 0.4) is 0 Å². The van der Waals surface area contributed by atoms with Crippen molar-refractivity contribution >= 4 is 47.1 Å². The van der Waals surface area contributed by atoms with E-state index in [9.17, 15) is 38.3 Å². The number of carbonyl (C=O) groups is 6. The number of thioether (sulfide) groups is 1. The smallest absolute Gasteiger partial charge is 0.248 e. The van der Waals surface area contributed by atoms with E-state index >= 15 is 4.39 Å². The predicted octanol–water partition coefficient (Wildman–Crippen LogP) is 3.53. The number of aromatic nitrogens is 2. The number of aliphatic hydroxyl groups excluding tert-OH is 1. The standard InChI is InChI=1S/C52H76F2N8O11S/c1-52(2,3)48(49-59-43(40-31-38(53)14-15-41(40)54)35-60(49)33-37-11-6-4-7-12-37)61(47(67)36-63)21-16-42(56)50(68)58-20-10-13-39(64)34-62-46(66)32-44(51(62)69)74-30-29-73-28-27-72-26-25-71-24-23-70-22-17-45(65)57-19-9-5-8-18-55/h4,6-7,11-12,14-15,31,35,42,44,48,63H,5,8-10,13,16-30,32-34,36,55-56H2,1-3H3,(H,57,65)(H,58,68)/t42?,44?,48-/m0/s1. The number of hydrogen-bond acceptors (Lipinski definition) is 15. The first-order valence-corrected chi connectivity index (χ1v) is 26.3. The van der Waals surface area contributed by atoms with Crippen molar-refractivity contribution in [3.05, 3.63) is 77.8 Å². The molecule has 5 amide bonds. The molecule has 2 unspecified atom stereocenters. The molecule has 3 aromatic rings. The Morgan fingerprint density at radius 2 is 1.54 bits per heavy atom. The van der Waals surface area contributed by atoms with Crippen LogP contribution in [-0.2, 0) is 54.3 Å². The summed E-state index contributed by atoms with van der Waals surface area (Å²) in [4.78, 5) is 84.2. The van der Waals surface area contributed by atoms with Crippen LogP contribution in [0.4, 0.5) is 8.78 Å². The zero-order chi connectivity index (χ0) is 53.9. The third-order valence-electron chi connectivity index (χ3n) is 11.9. The van der Waals surface area contributed by atoms with Gasteiger partial charge in [0, 0.05) is 63.0 Å². The number of nitrogens with zero attached hydrogens (tertiary/aromatic N) is 4. The lowest BCUT2D eigenvalue weighted by molar-refractivity contribution is -0.142. The number of hydrogen-bond donors (Lipinski definition) is 5. The third kappa shape index (κ3) is 21.2. The molecule has 2 heterocycles. The fourth-order valence-electron chi connectivity index (χ4n) is 8.04. The van der Waals surface area contributed by atoms with Crippen LogP contribution in [0.15, 0.2) is 54.7 Å². The predicted molar refractivity (Wildman–Crippen MR) is 275 cm³/mol. The summed E-state index contributed by atoms with van der Waals surface area (Å²) in [6.07, 6.45) is 4.92. The van der Waals surface area contributed by atoms with E-state index in [1.165, 1.54) is 16.7 Å². The Morgan fingerprint density at radius 1 is 0.878 bits per heavy atom. The molecule has 1 aliphatic heterocycles. The van der Waals surface area contributed by atoms with Crippen molar-refractivity contribution in [2.45, 2.75) is 96.0 Å². The Hall–Kier alpha value is -5.20. The second kappa shape index (κ2) is 33.0. The summed E-state index contributed by atoms with van der Waals surface area (Å²) >= 11 is 1.29. The van der Waals surface area contributed by atoms with E-state index in [1.54, 1.807) is 10.8 Å². The van der Waals surface area contributed by atoms with Crippen molar-refractivity contribution in [2.24, 2.45) is 16.9 Å². The number of aliphatic hydroxyl groups is 1. The van der Waals surface area contributed by atoms with E-state index < -0.39 is 64.6 Å². The Kier molecular flexibility index (Phi) is 27.3. The molecule has 1 saturated heterocycles. The SMILES string of the molecule is CC(C)(C)[C@H](c1nc(-c2cc(F)ccc2F)cn1Cc1ccccc1)N(CCC(N)C(=O)NCCCC(=O)CN1C(=O)CC(SCCOCCOCCOCCOCCC(=O)NCCCCCN)C1=O)C(=O)CO. The van der Waals surface area contributed by atoms with Crippen molar-refractivity contribution in [3.63, 3.8) is 0 Å². The van der Waals surface area contributed by atoms with Crippen molar-refractivity contribution in [3.8, 4) is 11.3 Å². The van der Waals surface area contributed by atoms with Crippen LogP contribution >= 0.6 is 11.8 Å². The average molecular weight is 1060 g/mol. The molecule has 0 bridgehead atoms. The van der Waals surface area contributed by atoms with Gasteiger partial charge in [0.25, 0.3) is 0 Å². The molecule has 22 heteroatoms. The van der Waals surface area contributed by atoms with Gasteiger partial charge in [-0.25, -0.2) is 13.8 Å². The molecule has 2 aromatic carbocycles. The van der Waals surface area contributed by atoms with E-state index in [4.69, 9.17) is 35.4 Å². The quantitative estimate of drug-likeness (QED) is 0.0409. The highest BCUT2D eigenvalue weighted by atomic mass is 32.2. The number of imide groups is 1. The van der Waals surface area contributed by atoms with Gasteiger partial charge in [-0.2, -0.15) is 0 Å². The molecule has 0 radical (unpaired) electrons. The zero-order valence-electron chi connectivity index (χ0n) is 43.0. The maximum atomic E-state index is 15.1. The summed E-state index contributed by atoms with van der Waals surface area (Å²) in [6, 6.07) is 10.5. The normalized spacial score (nSPS) is 14.6. The van der Waals surface area contributed by atoms with Crippen LogP contribution in [0.2, 0.25) is 0 Å². The first kappa shape index (κ1) is 61.3. The van der Waals surface area contributed by atoms with Crippen molar-refractivity contribution in [2.75, 3.05) is 97.9 Å². The highest BCUT2D eigenvalue weighted by Gasteiger charge is 2.40. The topological polar surface area (TPSA) is 260 Å². The number of unbranched alkanes of at least 4 members (excludes halogenated alkanes) is 2. The summed E-state index contributed by atoms with van der Waals surface area (Å²) in [5.41, 5.74) is 12.0. The molecule has 1 aromatic heterocycles. The van der Waals surface area contributed by atoms with Gasteiger partial charge >= 0.3 is 0 Å². The maximum Gasteiger partial charge on any atom is 0.248 e. The lowest BCUT2D eigenvalue weighted by Crippen LogP contribution is -2.48. The molecule has 7 N–H and O–H groups in total. The number of nitrogens with one attached hydrogen (secondary N) is 2. The Labute approximate surface area is 437 Å². The molecule has 1 fully saturated rings.